The van der Waals surface area contributed by atoms with Crippen LogP contribution in [-0.2, 0) is 28.4 Å². The Morgan fingerprint density at radius 3 is 2.57 bits per heavy atom. The second-order valence-corrected chi connectivity index (χ2v) is 10.1. The number of imide groups is 1. The van der Waals surface area contributed by atoms with Gasteiger partial charge in [-0.2, -0.15) is 19.4 Å². The van der Waals surface area contributed by atoms with Crippen LogP contribution in [0.25, 0.3) is 0 Å². The minimum Gasteiger partial charge on any atom is -0.268 e. The van der Waals surface area contributed by atoms with E-state index >= 15 is 0 Å². The van der Waals surface area contributed by atoms with E-state index in [1.807, 2.05) is 0 Å². The van der Waals surface area contributed by atoms with E-state index < -0.39 is 38.6 Å². The van der Waals surface area contributed by atoms with Gasteiger partial charge in [0.25, 0.3) is 0 Å². The van der Waals surface area contributed by atoms with Crippen molar-refractivity contribution in [3.05, 3.63) is 41.0 Å². The molecule has 2 heterocycles. The smallest absolute Gasteiger partial charge is 0.268 e. The van der Waals surface area contributed by atoms with Crippen LogP contribution in [0.4, 0.5) is 9.18 Å². The fourth-order valence-electron chi connectivity index (χ4n) is 3.62. The van der Waals surface area contributed by atoms with Crippen LogP contribution in [0.15, 0.2) is 29.6 Å². The second kappa shape index (κ2) is 6.67. The van der Waals surface area contributed by atoms with Crippen molar-refractivity contribution in [2.45, 2.75) is 44.0 Å². The Balaban J connectivity index is 1.79. The lowest BCUT2D eigenvalue weighted by molar-refractivity contribution is -0.453. The lowest BCUT2D eigenvalue weighted by Gasteiger charge is -2.25. The molecule has 1 aromatic rings. The van der Waals surface area contributed by atoms with Gasteiger partial charge in [-0.1, -0.05) is 0 Å². The number of rotatable bonds is 5. The van der Waals surface area contributed by atoms with Crippen molar-refractivity contribution in [3.8, 4) is 0 Å². The SMILES string of the molecule is Cc1cc(C[N+]2=C3C=C(F)C(S(=O)(=O)NC4(C)CC4)C=C3C(=O)N(C)C2=O)n(C)n1. The third kappa shape index (κ3) is 3.41. The van der Waals surface area contributed by atoms with Crippen molar-refractivity contribution in [3.63, 3.8) is 0 Å². The fraction of sp³-hybridized carbons (Fsp3) is 0.474. The minimum absolute atomic E-state index is 0.0197. The van der Waals surface area contributed by atoms with Gasteiger partial charge in [-0.05, 0) is 38.8 Å². The Labute approximate surface area is 173 Å². The average molecular weight is 436 g/mol. The molecule has 1 saturated carbocycles. The lowest BCUT2D eigenvalue weighted by Crippen LogP contribution is -2.51. The summed E-state index contributed by atoms with van der Waals surface area (Å²) in [5.41, 5.74) is 0.881. The number of carbonyl (C=O) groups excluding carboxylic acids is 2. The molecule has 0 spiro atoms. The number of allylic oxidation sites excluding steroid dienone is 1. The molecule has 11 heteroatoms. The van der Waals surface area contributed by atoms with Crippen LogP contribution >= 0.6 is 0 Å². The predicted molar refractivity (Wildman–Crippen MR) is 106 cm³/mol. The monoisotopic (exact) mass is 436 g/mol. The van der Waals surface area contributed by atoms with Crippen molar-refractivity contribution < 1.29 is 27.0 Å². The van der Waals surface area contributed by atoms with E-state index in [4.69, 9.17) is 0 Å². The average Bonchev–Trinajstić information content (AvgIpc) is 3.27. The molecule has 1 N–H and O–H groups in total. The molecule has 4 rings (SSSR count). The van der Waals surface area contributed by atoms with E-state index in [0.717, 1.165) is 22.7 Å². The molecule has 0 radical (unpaired) electrons. The highest BCUT2D eigenvalue weighted by atomic mass is 32.2. The first kappa shape index (κ1) is 20.6. The Kier molecular flexibility index (Phi) is 4.58. The topological polar surface area (TPSA) is 104 Å². The summed E-state index contributed by atoms with van der Waals surface area (Å²) in [4.78, 5) is 26.4. The Hall–Kier alpha value is -2.66. The molecular weight excluding hydrogens is 413 g/mol. The van der Waals surface area contributed by atoms with Gasteiger partial charge in [-0.3, -0.25) is 4.68 Å². The standard InChI is InChI=1S/C19H23FN5O4S/c1-11-7-12(24(4)21-11)10-25-15-9-14(20)16(30(28,29)22-19(2)5-6-19)8-13(15)17(26)23(3)18(25)27/h7-9,16,22H,5-6,10H2,1-4H3/q+1. The molecule has 1 fully saturated rings. The molecule has 2 aliphatic carbocycles. The minimum atomic E-state index is -4.08. The number of aryl methyl sites for hydroxylation is 2. The van der Waals surface area contributed by atoms with Crippen LogP contribution in [0.5, 0.6) is 0 Å². The van der Waals surface area contributed by atoms with Crippen LogP contribution in [0, 0.1) is 6.92 Å². The van der Waals surface area contributed by atoms with Gasteiger partial charge in [0.1, 0.15) is 28.9 Å². The first-order valence-electron chi connectivity index (χ1n) is 9.50. The van der Waals surface area contributed by atoms with Gasteiger partial charge in [0.15, 0.2) is 0 Å². The molecule has 0 aromatic carbocycles. The number of urea groups is 1. The van der Waals surface area contributed by atoms with Gasteiger partial charge in [0.2, 0.25) is 10.0 Å². The summed E-state index contributed by atoms with van der Waals surface area (Å²) in [6, 6.07) is 1.16. The van der Waals surface area contributed by atoms with Gasteiger partial charge >= 0.3 is 11.9 Å². The number of nitrogens with one attached hydrogen (secondary N) is 1. The normalized spacial score (nSPS) is 23.4. The first-order chi connectivity index (χ1) is 13.9. The van der Waals surface area contributed by atoms with Crippen molar-refractivity contribution in [2.24, 2.45) is 7.05 Å². The zero-order valence-electron chi connectivity index (χ0n) is 17.1. The highest BCUT2D eigenvalue weighted by Crippen LogP contribution is 2.37. The molecular formula is C19H23FN5O4S+. The molecule has 0 saturated heterocycles. The molecule has 3 amide bonds. The number of aromatic nitrogens is 2. The van der Waals surface area contributed by atoms with E-state index in [1.54, 1.807) is 31.6 Å². The molecule has 1 unspecified atom stereocenters. The van der Waals surface area contributed by atoms with Crippen LogP contribution in [0.3, 0.4) is 0 Å². The Bertz CT molecular complexity index is 1170. The molecule has 1 atom stereocenters. The molecule has 1 aliphatic heterocycles. The zero-order valence-corrected chi connectivity index (χ0v) is 18.0. The van der Waals surface area contributed by atoms with E-state index in [1.165, 1.54) is 11.6 Å². The quantitative estimate of drug-likeness (QED) is 0.691. The van der Waals surface area contributed by atoms with Crippen molar-refractivity contribution in [2.75, 3.05) is 7.05 Å². The van der Waals surface area contributed by atoms with Gasteiger partial charge in [0.05, 0.1) is 18.4 Å². The summed E-state index contributed by atoms with van der Waals surface area (Å²) in [7, 11) is -1.05. The van der Waals surface area contributed by atoms with Gasteiger partial charge in [0, 0.05) is 18.7 Å². The van der Waals surface area contributed by atoms with Crippen molar-refractivity contribution in [1.82, 2.24) is 19.4 Å². The molecule has 160 valence electrons. The number of amides is 3. The summed E-state index contributed by atoms with van der Waals surface area (Å²) in [5, 5.41) is 2.61. The summed E-state index contributed by atoms with van der Waals surface area (Å²) < 4.78 is 45.8. The van der Waals surface area contributed by atoms with Gasteiger partial charge in [-0.25, -0.2) is 22.3 Å². The second-order valence-electron chi connectivity index (χ2n) is 8.26. The van der Waals surface area contributed by atoms with Crippen LogP contribution in [-0.4, -0.2) is 63.2 Å². The number of sulfonamides is 1. The highest BCUT2D eigenvalue weighted by molar-refractivity contribution is 7.90. The summed E-state index contributed by atoms with van der Waals surface area (Å²) in [6.45, 7) is 3.60. The fourth-order valence-corrected chi connectivity index (χ4v) is 5.32. The van der Waals surface area contributed by atoms with E-state index in [9.17, 15) is 22.4 Å². The van der Waals surface area contributed by atoms with Crippen LogP contribution in [0.1, 0.15) is 31.2 Å². The zero-order chi connectivity index (χ0) is 22.0. The third-order valence-electron chi connectivity index (χ3n) is 5.63. The summed E-state index contributed by atoms with van der Waals surface area (Å²) >= 11 is 0. The molecule has 3 aliphatic rings. The first-order valence-corrected chi connectivity index (χ1v) is 11.0. The number of nitrogens with zero attached hydrogens (tertiary/aromatic N) is 4. The number of hydrogen-bond acceptors (Lipinski definition) is 5. The maximum atomic E-state index is 15.0. The molecule has 9 nitrogen and oxygen atoms in total. The highest BCUT2D eigenvalue weighted by Gasteiger charge is 2.48. The summed E-state index contributed by atoms with van der Waals surface area (Å²) in [5.74, 6) is -1.61. The Morgan fingerprint density at radius 1 is 1.33 bits per heavy atom. The van der Waals surface area contributed by atoms with Crippen LogP contribution in [0.2, 0.25) is 0 Å². The predicted octanol–water partition coefficient (Wildman–Crippen LogP) is 0.908. The number of likely N-dealkylation sites (N-methyl/N-ethyl adjacent to an activating group) is 1. The van der Waals surface area contributed by atoms with Crippen molar-refractivity contribution >= 4 is 27.7 Å². The largest absolute Gasteiger partial charge is 0.501 e. The maximum Gasteiger partial charge on any atom is 0.501 e. The number of hydrogen-bond donors (Lipinski definition) is 1. The molecule has 30 heavy (non-hydrogen) atoms. The number of halogens is 1. The molecule has 1 aromatic heterocycles. The molecule has 0 bridgehead atoms. The van der Waals surface area contributed by atoms with Crippen LogP contribution < -0.4 is 4.72 Å². The number of fused-ring (bicyclic) bond motifs is 1. The van der Waals surface area contributed by atoms with E-state index in [0.29, 0.717) is 18.5 Å². The van der Waals surface area contributed by atoms with Gasteiger partial charge in [-0.15, -0.1) is 0 Å². The van der Waals surface area contributed by atoms with E-state index in [-0.39, 0.29) is 17.8 Å². The van der Waals surface area contributed by atoms with Gasteiger partial charge < -0.3 is 0 Å². The number of carbonyl (C=O) groups is 2. The van der Waals surface area contributed by atoms with Crippen molar-refractivity contribution in [1.29, 1.82) is 0 Å². The summed E-state index contributed by atoms with van der Waals surface area (Å²) in [6.07, 6.45) is 3.41. The van der Waals surface area contributed by atoms with E-state index in [2.05, 4.69) is 9.82 Å². The lowest BCUT2D eigenvalue weighted by atomic mass is 9.99. The third-order valence-corrected chi connectivity index (χ3v) is 7.43. The Morgan fingerprint density at radius 2 is 2.00 bits per heavy atom. The maximum absolute atomic E-state index is 15.0.